The van der Waals surface area contributed by atoms with E-state index in [0.717, 1.165) is 6.42 Å². The third-order valence-corrected chi connectivity index (χ3v) is 5.30. The van der Waals surface area contributed by atoms with E-state index in [-0.39, 0.29) is 24.2 Å². The summed E-state index contributed by atoms with van der Waals surface area (Å²) in [7, 11) is 0. The Hall–Kier alpha value is -4.08. The molecule has 9 heteroatoms. The zero-order chi connectivity index (χ0) is 21.8. The van der Waals surface area contributed by atoms with Crippen molar-refractivity contribution in [2.24, 2.45) is 0 Å². The van der Waals surface area contributed by atoms with Crippen LogP contribution in [0.15, 0.2) is 48.9 Å². The van der Waals surface area contributed by atoms with Gasteiger partial charge >= 0.3 is 0 Å². The maximum Gasteiger partial charge on any atom is 0.215 e. The zero-order valence-corrected chi connectivity index (χ0v) is 16.8. The molecular formula is C22H19N7O2. The highest BCUT2D eigenvalue weighted by molar-refractivity contribution is 6.06. The lowest BCUT2D eigenvalue weighted by Gasteiger charge is -2.38. The third-order valence-electron chi connectivity index (χ3n) is 5.30. The molecule has 0 unspecified atom stereocenters. The summed E-state index contributed by atoms with van der Waals surface area (Å²) in [5.41, 5.74) is 0.281. The molecule has 154 valence electrons. The molecule has 1 N–H and O–H groups in total. The van der Waals surface area contributed by atoms with Gasteiger partial charge in [0.15, 0.2) is 5.60 Å². The van der Waals surface area contributed by atoms with Crippen LogP contribution in [0.4, 0.5) is 0 Å². The number of Topliss-reactive ketones (excluding diaryl/α,β-unsaturated/α-hetero) is 1. The van der Waals surface area contributed by atoms with Crippen molar-refractivity contribution in [2.75, 3.05) is 6.54 Å². The van der Waals surface area contributed by atoms with Gasteiger partial charge in [0.1, 0.15) is 0 Å². The van der Waals surface area contributed by atoms with Crippen LogP contribution in [0.2, 0.25) is 0 Å². The number of nitrogens with zero attached hydrogens (tertiary/aromatic N) is 6. The fraction of sp³-hybridized carbons (Fsp3) is 0.273. The van der Waals surface area contributed by atoms with Crippen molar-refractivity contribution >= 4 is 5.78 Å². The lowest BCUT2D eigenvalue weighted by molar-refractivity contribution is 0.0264. The predicted molar refractivity (Wildman–Crippen MR) is 109 cm³/mol. The van der Waals surface area contributed by atoms with Gasteiger partial charge < -0.3 is 10.1 Å². The average molecular weight is 413 g/mol. The Balaban J connectivity index is 1.79. The van der Waals surface area contributed by atoms with E-state index in [4.69, 9.17) is 4.74 Å². The Morgan fingerprint density at radius 3 is 2.58 bits per heavy atom. The minimum atomic E-state index is -1.23. The highest BCUT2D eigenvalue weighted by Gasteiger charge is 2.45. The number of nitrogens with one attached hydrogen (secondary N) is 1. The van der Waals surface area contributed by atoms with Crippen LogP contribution in [-0.4, -0.2) is 43.9 Å². The van der Waals surface area contributed by atoms with Gasteiger partial charge in [0, 0.05) is 30.4 Å². The number of ketones is 1. The number of benzene rings is 1. The molecule has 2 aromatic heterocycles. The SMILES string of the molecule is C[C@@H]1CC[C@](Oc2cc(C#N)ccn2)(C(=O)c2ccc(C#N)cc2-n2nccn2)CN1. The van der Waals surface area contributed by atoms with E-state index in [2.05, 4.69) is 32.6 Å². The second-order valence-electron chi connectivity index (χ2n) is 7.40. The van der Waals surface area contributed by atoms with Gasteiger partial charge in [-0.25, -0.2) is 4.98 Å². The molecule has 3 aromatic rings. The number of carbonyl (C=O) groups excluding carboxylic acids is 1. The topological polar surface area (TPSA) is 130 Å². The summed E-state index contributed by atoms with van der Waals surface area (Å²) < 4.78 is 6.19. The molecule has 4 rings (SSSR count). The summed E-state index contributed by atoms with van der Waals surface area (Å²) in [4.78, 5) is 19.4. The van der Waals surface area contributed by atoms with Crippen LogP contribution in [0.5, 0.6) is 5.88 Å². The first-order valence-electron chi connectivity index (χ1n) is 9.79. The smallest absolute Gasteiger partial charge is 0.215 e. The number of piperidine rings is 1. The molecule has 9 nitrogen and oxygen atoms in total. The monoisotopic (exact) mass is 413 g/mol. The molecule has 0 radical (unpaired) electrons. The Kier molecular flexibility index (Phi) is 5.44. The van der Waals surface area contributed by atoms with E-state index >= 15 is 0 Å². The summed E-state index contributed by atoms with van der Waals surface area (Å²) in [5.74, 6) is -0.0657. The summed E-state index contributed by atoms with van der Waals surface area (Å²) >= 11 is 0. The second kappa shape index (κ2) is 8.34. The van der Waals surface area contributed by atoms with Gasteiger partial charge in [0.05, 0.1) is 41.3 Å². The third kappa shape index (κ3) is 4.00. The van der Waals surface area contributed by atoms with E-state index in [9.17, 15) is 15.3 Å². The van der Waals surface area contributed by atoms with Gasteiger partial charge in [-0.05, 0) is 44.0 Å². The van der Waals surface area contributed by atoms with Gasteiger partial charge in [0.2, 0.25) is 11.7 Å². The van der Waals surface area contributed by atoms with E-state index in [1.807, 2.05) is 6.92 Å². The Labute approximate surface area is 178 Å². The molecule has 0 spiro atoms. The quantitative estimate of drug-likeness (QED) is 0.630. The summed E-state index contributed by atoms with van der Waals surface area (Å²) in [6, 6.07) is 12.2. The lowest BCUT2D eigenvalue weighted by Crippen LogP contribution is -2.58. The molecule has 2 atom stereocenters. The van der Waals surface area contributed by atoms with E-state index in [0.29, 0.717) is 28.8 Å². The lowest BCUT2D eigenvalue weighted by atomic mass is 9.83. The summed E-state index contributed by atoms with van der Waals surface area (Å²) in [6.07, 6.45) is 5.66. The minimum absolute atomic E-state index is 0.205. The number of aromatic nitrogens is 4. The maximum absolute atomic E-state index is 13.9. The second-order valence-corrected chi connectivity index (χ2v) is 7.40. The van der Waals surface area contributed by atoms with E-state index < -0.39 is 5.60 Å². The number of hydrogen-bond acceptors (Lipinski definition) is 8. The summed E-state index contributed by atoms with van der Waals surface area (Å²) in [5, 5.41) is 30.1. The van der Waals surface area contributed by atoms with Gasteiger partial charge in [-0.15, -0.1) is 0 Å². The first-order valence-corrected chi connectivity index (χ1v) is 9.79. The molecule has 0 saturated carbocycles. The Morgan fingerprint density at radius 1 is 1.16 bits per heavy atom. The maximum atomic E-state index is 13.9. The standard InChI is InChI=1S/C22H19N7O2/c1-15-4-6-22(14-26-15,31-20-11-17(13-24)5-7-25-20)21(30)18-3-2-16(12-23)10-19(18)29-27-8-9-28-29/h2-3,5,7-11,15,26H,4,6,14H2,1H3/t15-,22-/m1/s1. The van der Waals surface area contributed by atoms with E-state index in [1.165, 1.54) is 29.5 Å². The highest BCUT2D eigenvalue weighted by atomic mass is 16.5. The Morgan fingerprint density at radius 2 is 1.90 bits per heavy atom. The van der Waals surface area contributed by atoms with Crippen molar-refractivity contribution < 1.29 is 9.53 Å². The molecule has 1 aliphatic rings. The fourth-order valence-corrected chi connectivity index (χ4v) is 3.59. The number of rotatable bonds is 5. The molecule has 31 heavy (non-hydrogen) atoms. The highest BCUT2D eigenvalue weighted by Crippen LogP contribution is 2.31. The first kappa shape index (κ1) is 20.2. The molecule has 1 aliphatic heterocycles. The number of nitriles is 2. The van der Waals surface area contributed by atoms with Gasteiger partial charge in [-0.1, -0.05) is 0 Å². The van der Waals surface area contributed by atoms with Crippen LogP contribution < -0.4 is 10.1 Å². The molecular weight excluding hydrogens is 394 g/mol. The van der Waals surface area contributed by atoms with Gasteiger partial charge in [0.25, 0.3) is 0 Å². The van der Waals surface area contributed by atoms with Crippen molar-refractivity contribution in [1.29, 1.82) is 10.5 Å². The number of hydrogen-bond donors (Lipinski definition) is 1. The van der Waals surface area contributed by atoms with Crippen molar-refractivity contribution in [2.45, 2.75) is 31.4 Å². The van der Waals surface area contributed by atoms with Gasteiger partial charge in [-0.3, -0.25) is 4.79 Å². The molecule has 3 heterocycles. The van der Waals surface area contributed by atoms with Gasteiger partial charge in [-0.2, -0.15) is 25.5 Å². The van der Waals surface area contributed by atoms with Crippen LogP contribution in [0.1, 0.15) is 41.3 Å². The molecule has 1 fully saturated rings. The van der Waals surface area contributed by atoms with Crippen molar-refractivity contribution in [3.63, 3.8) is 0 Å². The molecule has 0 bridgehead atoms. The molecule has 1 aromatic carbocycles. The summed E-state index contributed by atoms with van der Waals surface area (Å²) in [6.45, 7) is 2.32. The van der Waals surface area contributed by atoms with Crippen LogP contribution in [0.3, 0.4) is 0 Å². The first-order chi connectivity index (χ1) is 15.0. The van der Waals surface area contributed by atoms with E-state index in [1.54, 1.807) is 24.3 Å². The number of pyridine rings is 1. The zero-order valence-electron chi connectivity index (χ0n) is 16.8. The number of carbonyl (C=O) groups is 1. The number of ether oxygens (including phenoxy) is 1. The fourth-order valence-electron chi connectivity index (χ4n) is 3.59. The van der Waals surface area contributed by atoms with Crippen molar-refractivity contribution in [3.8, 4) is 23.7 Å². The van der Waals surface area contributed by atoms with Crippen LogP contribution in [0, 0.1) is 22.7 Å². The van der Waals surface area contributed by atoms with Crippen LogP contribution >= 0.6 is 0 Å². The van der Waals surface area contributed by atoms with Crippen LogP contribution in [0.25, 0.3) is 5.69 Å². The van der Waals surface area contributed by atoms with Crippen molar-refractivity contribution in [3.05, 3.63) is 65.6 Å². The normalized spacial score (nSPS) is 20.4. The average Bonchev–Trinajstić information content (AvgIpc) is 3.35. The minimum Gasteiger partial charge on any atom is -0.461 e. The van der Waals surface area contributed by atoms with Crippen LogP contribution in [-0.2, 0) is 0 Å². The molecule has 0 aliphatic carbocycles. The predicted octanol–water partition coefficient (Wildman–Crippen LogP) is 2.18. The molecule has 1 saturated heterocycles. The van der Waals surface area contributed by atoms with Crippen molar-refractivity contribution in [1.82, 2.24) is 25.3 Å². The largest absolute Gasteiger partial charge is 0.461 e. The Bertz CT molecular complexity index is 1180. The molecule has 0 amide bonds.